The van der Waals surface area contributed by atoms with Gasteiger partial charge in [-0.2, -0.15) is 0 Å². The van der Waals surface area contributed by atoms with Crippen LogP contribution >= 0.6 is 11.3 Å². The number of fused-ring (bicyclic) bond motifs is 1. The fraction of sp³-hybridized carbons (Fsp3) is 0.368. The van der Waals surface area contributed by atoms with Gasteiger partial charge in [0.2, 0.25) is 0 Å². The lowest BCUT2D eigenvalue weighted by atomic mass is 10.0. The summed E-state index contributed by atoms with van der Waals surface area (Å²) < 4.78 is 52.2. The highest BCUT2D eigenvalue weighted by Gasteiger charge is 2.33. The van der Waals surface area contributed by atoms with E-state index in [1.165, 1.54) is 25.3 Å². The Balaban J connectivity index is 1.89. The number of carbonyl (C=O) groups is 2. The first-order chi connectivity index (χ1) is 14.3. The number of rotatable bonds is 7. The van der Waals surface area contributed by atoms with Crippen LogP contribution in [0.15, 0.2) is 24.3 Å². The van der Waals surface area contributed by atoms with Gasteiger partial charge in [-0.25, -0.2) is 0 Å². The van der Waals surface area contributed by atoms with Crippen LogP contribution in [0.5, 0.6) is 5.75 Å². The third kappa shape index (κ3) is 5.29. The third-order valence-electron chi connectivity index (χ3n) is 4.22. The molecule has 0 bridgehead atoms. The molecule has 0 saturated carbocycles. The van der Waals surface area contributed by atoms with Crippen molar-refractivity contribution in [2.24, 2.45) is 0 Å². The molecule has 2 heterocycles. The molecule has 3 rings (SSSR count). The van der Waals surface area contributed by atoms with Crippen molar-refractivity contribution in [3.05, 3.63) is 45.8 Å². The summed E-state index contributed by atoms with van der Waals surface area (Å²) in [4.78, 5) is 26.2. The summed E-state index contributed by atoms with van der Waals surface area (Å²) in [5.41, 5.74) is 0.747. The van der Waals surface area contributed by atoms with Crippen LogP contribution in [-0.2, 0) is 22.5 Å². The Kier molecular flexibility index (Phi) is 6.95. The van der Waals surface area contributed by atoms with Crippen molar-refractivity contribution in [1.29, 1.82) is 0 Å². The fourth-order valence-electron chi connectivity index (χ4n) is 2.95. The molecule has 2 aromatic rings. The van der Waals surface area contributed by atoms with Gasteiger partial charge in [-0.3, -0.25) is 9.59 Å². The number of hydrogen-bond acceptors (Lipinski definition) is 6. The van der Waals surface area contributed by atoms with E-state index in [1.807, 2.05) is 0 Å². The number of hydrogen-bond donors (Lipinski definition) is 2. The smallest absolute Gasteiger partial charge is 0.405 e. The number of thiophene rings is 1. The number of halogens is 3. The van der Waals surface area contributed by atoms with E-state index in [-0.39, 0.29) is 22.7 Å². The molecular formula is C19H19F3N2O5S. The molecule has 162 valence electrons. The Labute approximate surface area is 174 Å². The van der Waals surface area contributed by atoms with Crippen molar-refractivity contribution in [3.63, 3.8) is 0 Å². The number of nitrogens with one attached hydrogen (secondary N) is 2. The predicted molar refractivity (Wildman–Crippen MR) is 103 cm³/mol. The van der Waals surface area contributed by atoms with Gasteiger partial charge in [0, 0.05) is 18.5 Å². The second-order valence-electron chi connectivity index (χ2n) is 6.26. The van der Waals surface area contributed by atoms with Crippen LogP contribution in [0.3, 0.4) is 0 Å². The number of benzene rings is 1. The summed E-state index contributed by atoms with van der Waals surface area (Å²) in [5, 5.41) is 5.52. The summed E-state index contributed by atoms with van der Waals surface area (Å²) in [7, 11) is 1.50. The number of methoxy groups -OCH3 is 1. The zero-order valence-corrected chi connectivity index (χ0v) is 16.7. The quantitative estimate of drug-likeness (QED) is 0.640. The van der Waals surface area contributed by atoms with Gasteiger partial charge < -0.3 is 24.8 Å². The summed E-state index contributed by atoms with van der Waals surface area (Å²) in [6.45, 7) is 1.30. The normalized spacial score (nSPS) is 13.5. The Morgan fingerprint density at radius 2 is 2.00 bits per heavy atom. The topological polar surface area (TPSA) is 85.9 Å². The lowest BCUT2D eigenvalue weighted by molar-refractivity contribution is -0.274. The molecule has 30 heavy (non-hydrogen) atoms. The first-order valence-electron chi connectivity index (χ1n) is 8.95. The Morgan fingerprint density at radius 3 is 2.73 bits per heavy atom. The number of para-hydroxylation sites is 1. The van der Waals surface area contributed by atoms with Gasteiger partial charge in [0.25, 0.3) is 11.8 Å². The minimum absolute atomic E-state index is 0.243. The minimum Gasteiger partial charge on any atom is -0.405 e. The lowest BCUT2D eigenvalue weighted by Gasteiger charge is -2.14. The van der Waals surface area contributed by atoms with Crippen LogP contribution in [0.2, 0.25) is 0 Å². The van der Waals surface area contributed by atoms with Crippen molar-refractivity contribution < 1.29 is 37.0 Å². The van der Waals surface area contributed by atoms with Crippen LogP contribution in [0.25, 0.3) is 0 Å². The molecule has 1 aliphatic rings. The number of anilines is 1. The Bertz CT molecular complexity index is 929. The van der Waals surface area contributed by atoms with Crippen LogP contribution in [0.1, 0.15) is 31.2 Å². The van der Waals surface area contributed by atoms with Crippen molar-refractivity contribution in [1.82, 2.24) is 5.32 Å². The SMILES string of the molecule is COCCNC(=O)c1c(NC(=O)c2ccccc2OC(F)(F)F)sc2c1CCOC2. The van der Waals surface area contributed by atoms with Gasteiger partial charge in [0.15, 0.2) is 0 Å². The predicted octanol–water partition coefficient (Wildman–Crippen LogP) is 3.35. The molecule has 0 fully saturated rings. The molecular weight excluding hydrogens is 425 g/mol. The largest absolute Gasteiger partial charge is 0.573 e. The van der Waals surface area contributed by atoms with Crippen LogP contribution < -0.4 is 15.4 Å². The number of alkyl halides is 3. The van der Waals surface area contributed by atoms with E-state index in [0.717, 1.165) is 27.8 Å². The molecule has 11 heteroatoms. The molecule has 2 N–H and O–H groups in total. The van der Waals surface area contributed by atoms with Crippen molar-refractivity contribution in [2.75, 3.05) is 32.2 Å². The second-order valence-corrected chi connectivity index (χ2v) is 7.36. The fourth-order valence-corrected chi connectivity index (χ4v) is 4.13. The molecule has 0 radical (unpaired) electrons. The number of amides is 2. The Morgan fingerprint density at radius 1 is 1.23 bits per heavy atom. The summed E-state index contributed by atoms with van der Waals surface area (Å²) in [6, 6.07) is 5.01. The van der Waals surface area contributed by atoms with Crippen molar-refractivity contribution in [3.8, 4) is 5.75 Å². The number of ether oxygens (including phenoxy) is 3. The third-order valence-corrected chi connectivity index (χ3v) is 5.34. The van der Waals surface area contributed by atoms with Gasteiger partial charge in [-0.15, -0.1) is 24.5 Å². The molecule has 2 amide bonds. The highest BCUT2D eigenvalue weighted by molar-refractivity contribution is 7.17. The van der Waals surface area contributed by atoms with Gasteiger partial charge >= 0.3 is 6.36 Å². The first kappa shape index (κ1) is 22.1. The maximum Gasteiger partial charge on any atom is 0.573 e. The van der Waals surface area contributed by atoms with E-state index in [0.29, 0.717) is 26.2 Å². The summed E-state index contributed by atoms with van der Waals surface area (Å²) >= 11 is 1.16. The zero-order valence-electron chi connectivity index (χ0n) is 15.9. The highest BCUT2D eigenvalue weighted by Crippen LogP contribution is 2.37. The minimum atomic E-state index is -4.94. The molecule has 0 spiro atoms. The van der Waals surface area contributed by atoms with Crippen LogP contribution in [0.4, 0.5) is 18.2 Å². The number of carbonyl (C=O) groups excluding carboxylic acids is 2. The van der Waals surface area contributed by atoms with E-state index in [4.69, 9.17) is 9.47 Å². The van der Waals surface area contributed by atoms with Crippen LogP contribution in [-0.4, -0.2) is 45.0 Å². The maximum absolute atomic E-state index is 12.7. The second kappa shape index (κ2) is 9.45. The monoisotopic (exact) mass is 444 g/mol. The van der Waals surface area contributed by atoms with E-state index < -0.39 is 23.9 Å². The standard InChI is InChI=1S/C19H19F3N2O5S/c1-27-9-7-23-17(26)15-12-6-8-28-10-14(12)30-18(15)24-16(25)11-4-2-3-5-13(11)29-19(20,21)22/h2-5H,6-10H2,1H3,(H,23,26)(H,24,25). The van der Waals surface area contributed by atoms with Gasteiger partial charge in [0.1, 0.15) is 10.8 Å². The van der Waals surface area contributed by atoms with E-state index in [2.05, 4.69) is 15.4 Å². The average molecular weight is 444 g/mol. The molecule has 0 saturated heterocycles. The lowest BCUT2D eigenvalue weighted by Crippen LogP contribution is -2.29. The average Bonchev–Trinajstić information content (AvgIpc) is 3.05. The van der Waals surface area contributed by atoms with Gasteiger partial charge in [-0.1, -0.05) is 12.1 Å². The molecule has 1 aromatic carbocycles. The molecule has 1 aromatic heterocycles. The molecule has 7 nitrogen and oxygen atoms in total. The van der Waals surface area contributed by atoms with E-state index >= 15 is 0 Å². The molecule has 1 aliphatic heterocycles. The van der Waals surface area contributed by atoms with Gasteiger partial charge in [0.05, 0.1) is 30.9 Å². The summed E-state index contributed by atoms with van der Waals surface area (Å²) in [6.07, 6.45) is -4.45. The molecule has 0 aliphatic carbocycles. The van der Waals surface area contributed by atoms with E-state index in [9.17, 15) is 22.8 Å². The highest BCUT2D eigenvalue weighted by atomic mass is 32.1. The van der Waals surface area contributed by atoms with Crippen molar-refractivity contribution in [2.45, 2.75) is 19.4 Å². The first-order valence-corrected chi connectivity index (χ1v) is 9.77. The van der Waals surface area contributed by atoms with Crippen LogP contribution in [0, 0.1) is 0 Å². The molecule has 0 atom stereocenters. The van der Waals surface area contributed by atoms with E-state index in [1.54, 1.807) is 0 Å². The zero-order chi connectivity index (χ0) is 21.7. The molecule has 0 unspecified atom stereocenters. The van der Waals surface area contributed by atoms with Gasteiger partial charge in [-0.05, 0) is 24.1 Å². The summed E-state index contributed by atoms with van der Waals surface area (Å²) in [5.74, 6) is -1.85. The maximum atomic E-state index is 12.7. The van der Waals surface area contributed by atoms with Crippen molar-refractivity contribution >= 4 is 28.2 Å². The Hall–Kier alpha value is -2.63.